The van der Waals surface area contributed by atoms with Crippen LogP contribution in [-0.2, 0) is 4.79 Å². The molecule has 0 spiro atoms. The predicted octanol–water partition coefficient (Wildman–Crippen LogP) is 4.57. The van der Waals surface area contributed by atoms with Crippen molar-refractivity contribution in [2.45, 2.75) is 27.7 Å². The van der Waals surface area contributed by atoms with Crippen molar-refractivity contribution in [2.24, 2.45) is 4.99 Å². The van der Waals surface area contributed by atoms with Crippen LogP contribution in [0.3, 0.4) is 0 Å². The summed E-state index contributed by atoms with van der Waals surface area (Å²) in [7, 11) is 0. The summed E-state index contributed by atoms with van der Waals surface area (Å²) in [6, 6.07) is 10.4. The molecule has 6 heteroatoms. The first kappa shape index (κ1) is 17.5. The highest BCUT2D eigenvalue weighted by molar-refractivity contribution is 8.16. The Bertz CT molecular complexity index is 1070. The van der Waals surface area contributed by atoms with Crippen LogP contribution in [-0.4, -0.2) is 26.4 Å². The summed E-state index contributed by atoms with van der Waals surface area (Å²) < 4.78 is 2.16. The van der Waals surface area contributed by atoms with Crippen LogP contribution in [0, 0.1) is 26.2 Å². The van der Waals surface area contributed by atoms with Gasteiger partial charge in [-0.25, -0.2) is 0 Å². The zero-order chi connectivity index (χ0) is 19.3. The number of hydrogen-bond donors (Lipinski definition) is 1. The summed E-state index contributed by atoms with van der Waals surface area (Å²) in [6.45, 7) is 8.06. The molecule has 1 aromatic heterocycles. The van der Waals surface area contributed by atoms with Crippen molar-refractivity contribution in [1.82, 2.24) is 9.47 Å². The van der Waals surface area contributed by atoms with E-state index in [9.17, 15) is 4.79 Å². The zero-order valence-electron chi connectivity index (χ0n) is 15.7. The summed E-state index contributed by atoms with van der Waals surface area (Å²) in [5.74, 6) is -0.175. The number of allylic oxidation sites excluding steroid dienone is 1. The van der Waals surface area contributed by atoms with Crippen molar-refractivity contribution in [3.8, 4) is 5.69 Å². The minimum atomic E-state index is -0.359. The van der Waals surface area contributed by atoms with Crippen molar-refractivity contribution in [3.63, 3.8) is 0 Å². The molecule has 27 heavy (non-hydrogen) atoms. The fourth-order valence-corrected chi connectivity index (χ4v) is 4.28. The quantitative estimate of drug-likeness (QED) is 0.781. The number of benzene rings is 1. The topological polar surface area (TPSA) is 61.5 Å². The van der Waals surface area contributed by atoms with E-state index in [1.165, 1.54) is 17.3 Å². The molecule has 0 atom stereocenters. The van der Waals surface area contributed by atoms with Gasteiger partial charge in [0.25, 0.3) is 5.91 Å². The summed E-state index contributed by atoms with van der Waals surface area (Å²) in [4.78, 5) is 18.4. The lowest BCUT2D eigenvalue weighted by molar-refractivity contribution is -0.114. The van der Waals surface area contributed by atoms with Crippen LogP contribution in [0.4, 0.5) is 0 Å². The highest BCUT2D eigenvalue weighted by Gasteiger charge is 2.34. The Balaban J connectivity index is 1.78. The van der Waals surface area contributed by atoms with Gasteiger partial charge in [0.05, 0.1) is 5.57 Å². The van der Waals surface area contributed by atoms with Crippen molar-refractivity contribution in [2.75, 3.05) is 0 Å². The second kappa shape index (κ2) is 6.39. The summed E-state index contributed by atoms with van der Waals surface area (Å²) in [5.41, 5.74) is 6.56. The lowest BCUT2D eigenvalue weighted by Gasteiger charge is -2.25. The Labute approximate surface area is 162 Å². The summed E-state index contributed by atoms with van der Waals surface area (Å²) in [5, 5.41) is 11.0. The molecule has 0 saturated carbocycles. The van der Waals surface area contributed by atoms with Crippen LogP contribution < -0.4 is 0 Å². The first-order chi connectivity index (χ1) is 12.9. The van der Waals surface area contributed by atoms with E-state index in [4.69, 9.17) is 5.41 Å². The van der Waals surface area contributed by atoms with Crippen LogP contribution >= 0.6 is 11.8 Å². The molecule has 1 amide bonds. The fourth-order valence-electron chi connectivity index (χ4n) is 3.42. The molecule has 5 nitrogen and oxygen atoms in total. The SMILES string of the molecule is CC1=CSC2=NC(=O)/C(=C\c3cc(C)n(-c4ccc(C)cc4)c3C)C(=N)N12. The number of thioether (sulfide) groups is 1. The number of aryl methyl sites for hydroxylation is 2. The number of aliphatic imine (C=N–C) groups is 1. The van der Waals surface area contributed by atoms with Crippen molar-refractivity contribution in [3.05, 3.63) is 69.5 Å². The zero-order valence-corrected chi connectivity index (χ0v) is 16.5. The molecule has 1 N–H and O–H groups in total. The van der Waals surface area contributed by atoms with Gasteiger partial charge >= 0.3 is 0 Å². The first-order valence-corrected chi connectivity index (χ1v) is 9.58. The number of carbonyl (C=O) groups excluding carboxylic acids is 1. The third-order valence-electron chi connectivity index (χ3n) is 4.85. The number of carbonyl (C=O) groups is 1. The average Bonchev–Trinajstić information content (AvgIpc) is 3.12. The van der Waals surface area contributed by atoms with Gasteiger partial charge in [0, 0.05) is 22.8 Å². The van der Waals surface area contributed by atoms with E-state index in [0.717, 1.165) is 28.3 Å². The van der Waals surface area contributed by atoms with Crippen LogP contribution in [0.25, 0.3) is 11.8 Å². The molecule has 1 aromatic carbocycles. The molecule has 0 saturated heterocycles. The van der Waals surface area contributed by atoms with Gasteiger partial charge in [0.1, 0.15) is 5.84 Å². The third kappa shape index (κ3) is 2.86. The van der Waals surface area contributed by atoms with Crippen molar-refractivity contribution < 1.29 is 4.79 Å². The van der Waals surface area contributed by atoms with Gasteiger partial charge in [-0.05, 0) is 62.9 Å². The number of aromatic nitrogens is 1. The van der Waals surface area contributed by atoms with Gasteiger partial charge in [0.2, 0.25) is 0 Å². The fraction of sp³-hybridized carbons (Fsp3) is 0.190. The maximum absolute atomic E-state index is 12.5. The number of amides is 1. The predicted molar refractivity (Wildman–Crippen MR) is 111 cm³/mol. The van der Waals surface area contributed by atoms with Gasteiger partial charge < -0.3 is 4.57 Å². The lowest BCUT2D eigenvalue weighted by atomic mass is 10.1. The molecule has 0 unspecified atom stereocenters. The van der Waals surface area contributed by atoms with E-state index in [1.54, 1.807) is 11.0 Å². The van der Waals surface area contributed by atoms with Gasteiger partial charge in [-0.15, -0.1) is 0 Å². The Morgan fingerprint density at radius 2 is 1.81 bits per heavy atom. The molecule has 0 fully saturated rings. The number of nitrogens with zero attached hydrogens (tertiary/aromatic N) is 3. The van der Waals surface area contributed by atoms with Crippen LogP contribution in [0.1, 0.15) is 29.4 Å². The van der Waals surface area contributed by atoms with Gasteiger partial charge in [-0.1, -0.05) is 29.5 Å². The number of rotatable bonds is 2. The molecule has 0 radical (unpaired) electrons. The van der Waals surface area contributed by atoms with E-state index in [2.05, 4.69) is 40.7 Å². The van der Waals surface area contributed by atoms with E-state index in [-0.39, 0.29) is 11.7 Å². The van der Waals surface area contributed by atoms with Gasteiger partial charge in [-0.3, -0.25) is 15.1 Å². The molecule has 2 aliphatic heterocycles. The standard InChI is InChI=1S/C21H20N4OS/c1-12-5-7-17(8-6-12)24-13(2)9-16(15(24)4)10-18-19(22)25-14(3)11-27-21(25)23-20(18)26/h5-11,22H,1-4H3/b18-10-,22-19?. The second-order valence-corrected chi connectivity index (χ2v) is 7.65. The Morgan fingerprint density at radius 3 is 2.52 bits per heavy atom. The third-order valence-corrected chi connectivity index (χ3v) is 5.79. The van der Waals surface area contributed by atoms with Crippen LogP contribution in [0.5, 0.6) is 0 Å². The van der Waals surface area contributed by atoms with Gasteiger partial charge in [-0.2, -0.15) is 4.99 Å². The molecule has 3 heterocycles. The molecule has 2 aliphatic rings. The highest BCUT2D eigenvalue weighted by atomic mass is 32.2. The Kier molecular flexibility index (Phi) is 4.15. The molecular formula is C21H20N4OS. The van der Waals surface area contributed by atoms with Crippen molar-refractivity contribution >= 4 is 34.7 Å². The normalized spacial score (nSPS) is 18.1. The molecular weight excluding hydrogens is 356 g/mol. The number of fused-ring (bicyclic) bond motifs is 1. The van der Waals surface area contributed by atoms with E-state index >= 15 is 0 Å². The minimum Gasteiger partial charge on any atom is -0.318 e. The Hall–Kier alpha value is -2.86. The average molecular weight is 376 g/mol. The number of nitrogens with one attached hydrogen (secondary N) is 1. The summed E-state index contributed by atoms with van der Waals surface area (Å²) >= 11 is 1.38. The Morgan fingerprint density at radius 1 is 1.11 bits per heavy atom. The maximum Gasteiger partial charge on any atom is 0.283 e. The van der Waals surface area contributed by atoms with Crippen LogP contribution in [0.2, 0.25) is 0 Å². The first-order valence-electron chi connectivity index (χ1n) is 8.70. The maximum atomic E-state index is 12.5. The second-order valence-electron chi connectivity index (χ2n) is 6.82. The molecule has 4 rings (SSSR count). The smallest absolute Gasteiger partial charge is 0.283 e. The number of amidine groups is 2. The lowest BCUT2D eigenvalue weighted by Crippen LogP contribution is -2.37. The minimum absolute atomic E-state index is 0.184. The van der Waals surface area contributed by atoms with E-state index < -0.39 is 0 Å². The van der Waals surface area contributed by atoms with E-state index in [0.29, 0.717) is 10.7 Å². The molecule has 136 valence electrons. The largest absolute Gasteiger partial charge is 0.318 e. The number of hydrogen-bond acceptors (Lipinski definition) is 3. The molecule has 2 aromatic rings. The van der Waals surface area contributed by atoms with E-state index in [1.807, 2.05) is 32.2 Å². The highest BCUT2D eigenvalue weighted by Crippen LogP contribution is 2.32. The van der Waals surface area contributed by atoms with Crippen LogP contribution in [0.15, 0.2) is 52.0 Å². The molecule has 0 bridgehead atoms. The van der Waals surface area contributed by atoms with Crippen molar-refractivity contribution in [1.29, 1.82) is 5.41 Å². The molecule has 0 aliphatic carbocycles. The van der Waals surface area contributed by atoms with Gasteiger partial charge in [0.15, 0.2) is 5.17 Å². The summed E-state index contributed by atoms with van der Waals surface area (Å²) in [6.07, 6.45) is 1.79. The monoisotopic (exact) mass is 376 g/mol.